The van der Waals surface area contributed by atoms with Gasteiger partial charge in [0.25, 0.3) is 11.7 Å². The molecule has 1 aromatic heterocycles. The van der Waals surface area contributed by atoms with Crippen molar-refractivity contribution in [1.82, 2.24) is 20.5 Å². The summed E-state index contributed by atoms with van der Waals surface area (Å²) < 4.78 is 6.04. The lowest BCUT2D eigenvalue weighted by Gasteiger charge is -2.33. The molecular weight excluding hydrogens is 372 g/mol. The number of hydrogen-bond acceptors (Lipinski definition) is 6. The first-order chi connectivity index (χ1) is 13.9. The number of ether oxygens (including phenoxy) is 1. The van der Waals surface area contributed by atoms with Gasteiger partial charge in [0.2, 0.25) is 11.4 Å². The van der Waals surface area contributed by atoms with E-state index in [1.165, 1.54) is 6.33 Å². The van der Waals surface area contributed by atoms with Gasteiger partial charge >= 0.3 is 0 Å². The second-order valence-electron chi connectivity index (χ2n) is 7.84. The smallest absolute Gasteiger partial charge is 0.289 e. The molecule has 0 saturated heterocycles. The summed E-state index contributed by atoms with van der Waals surface area (Å²) in [6.07, 6.45) is 6.17. The molecular formula is C21H20N4O4. The fourth-order valence-electron chi connectivity index (χ4n) is 4.41. The molecule has 8 heteroatoms. The van der Waals surface area contributed by atoms with Crippen molar-refractivity contribution in [1.29, 1.82) is 0 Å². The molecule has 2 unspecified atom stereocenters. The van der Waals surface area contributed by atoms with E-state index in [9.17, 15) is 14.7 Å². The van der Waals surface area contributed by atoms with Crippen LogP contribution in [0.3, 0.4) is 0 Å². The molecule has 2 aromatic rings. The van der Waals surface area contributed by atoms with E-state index in [1.807, 2.05) is 32.1 Å². The number of hydrogen-bond donors (Lipinski definition) is 3. The Morgan fingerprint density at radius 3 is 2.83 bits per heavy atom. The third-order valence-electron chi connectivity index (χ3n) is 5.88. The molecule has 1 fully saturated rings. The van der Waals surface area contributed by atoms with Crippen molar-refractivity contribution in [3.05, 3.63) is 64.8 Å². The molecule has 2 aliphatic carbocycles. The summed E-state index contributed by atoms with van der Waals surface area (Å²) in [5.41, 5.74) is 0.427. The van der Waals surface area contributed by atoms with Crippen LogP contribution < -0.4 is 10.1 Å². The number of nitrogens with zero attached hydrogens (tertiary/aromatic N) is 2. The standard InChI is InChI=1S/C21H20N4O4/c1-11(2)12-7-8-15-16(9-12)29-21(28)14-6-4-3-5-13(14)17(26)20(15,21)24-19(27)18-22-10-23-25-18/h5-11,28H,3-4H2,1-2H3,(H,24,27)(H,22,23,25). The lowest BCUT2D eigenvalue weighted by atomic mass is 9.83. The van der Waals surface area contributed by atoms with Crippen LogP contribution in [0.25, 0.3) is 0 Å². The molecule has 8 nitrogen and oxygen atoms in total. The number of aromatic nitrogens is 3. The van der Waals surface area contributed by atoms with E-state index in [4.69, 9.17) is 4.74 Å². The second-order valence-corrected chi connectivity index (χ2v) is 7.84. The molecule has 3 aliphatic rings. The highest BCUT2D eigenvalue weighted by atomic mass is 16.6. The number of carbonyl (C=O) groups excluding carboxylic acids is 2. The normalized spacial score (nSPS) is 27.0. The Morgan fingerprint density at radius 1 is 1.31 bits per heavy atom. The predicted molar refractivity (Wildman–Crippen MR) is 102 cm³/mol. The second kappa shape index (κ2) is 5.87. The quantitative estimate of drug-likeness (QED) is 0.734. The van der Waals surface area contributed by atoms with E-state index in [2.05, 4.69) is 20.5 Å². The Kier molecular flexibility index (Phi) is 3.61. The zero-order valence-corrected chi connectivity index (χ0v) is 16.0. The van der Waals surface area contributed by atoms with Gasteiger partial charge in [-0.05, 0) is 30.4 Å². The molecule has 5 rings (SSSR count). The van der Waals surface area contributed by atoms with Crippen molar-refractivity contribution in [2.24, 2.45) is 0 Å². The van der Waals surface area contributed by atoms with Crippen LogP contribution >= 0.6 is 0 Å². The molecule has 1 saturated carbocycles. The average Bonchev–Trinajstić information content (AvgIpc) is 3.37. The van der Waals surface area contributed by atoms with Crippen LogP contribution in [-0.2, 0) is 10.3 Å². The summed E-state index contributed by atoms with van der Waals surface area (Å²) in [6.45, 7) is 4.09. The van der Waals surface area contributed by atoms with E-state index in [0.717, 1.165) is 5.56 Å². The van der Waals surface area contributed by atoms with Gasteiger partial charge in [0.15, 0.2) is 5.78 Å². The molecule has 2 heterocycles. The van der Waals surface area contributed by atoms with Crippen molar-refractivity contribution >= 4 is 11.7 Å². The van der Waals surface area contributed by atoms with Gasteiger partial charge in [0, 0.05) is 16.7 Å². The van der Waals surface area contributed by atoms with Crippen LogP contribution in [0.2, 0.25) is 0 Å². The number of allylic oxidation sites excluding steroid dienone is 2. The molecule has 29 heavy (non-hydrogen) atoms. The highest BCUT2D eigenvalue weighted by Gasteiger charge is 2.73. The van der Waals surface area contributed by atoms with Gasteiger partial charge in [-0.15, -0.1) is 0 Å². The molecule has 0 spiro atoms. The van der Waals surface area contributed by atoms with Crippen molar-refractivity contribution in [3.63, 3.8) is 0 Å². The SMILES string of the molecule is CC(C)c1ccc2c(c1)OC1(O)C3=CCCC=C3C(=O)C21NC(=O)c1ncn[nH]1. The first-order valence-corrected chi connectivity index (χ1v) is 9.58. The van der Waals surface area contributed by atoms with Crippen molar-refractivity contribution in [3.8, 4) is 5.75 Å². The number of amides is 1. The summed E-state index contributed by atoms with van der Waals surface area (Å²) >= 11 is 0. The van der Waals surface area contributed by atoms with Gasteiger partial charge in [-0.1, -0.05) is 38.1 Å². The van der Waals surface area contributed by atoms with Crippen LogP contribution in [0.1, 0.15) is 54.4 Å². The van der Waals surface area contributed by atoms with E-state index in [1.54, 1.807) is 12.1 Å². The molecule has 0 bridgehead atoms. The molecule has 1 amide bonds. The maximum Gasteiger partial charge on any atom is 0.289 e. The van der Waals surface area contributed by atoms with Crippen molar-refractivity contribution < 1.29 is 19.4 Å². The number of aliphatic hydroxyl groups is 1. The largest absolute Gasteiger partial charge is 0.454 e. The van der Waals surface area contributed by atoms with Gasteiger partial charge in [0.1, 0.15) is 12.1 Å². The maximum absolute atomic E-state index is 13.6. The van der Waals surface area contributed by atoms with Gasteiger partial charge in [-0.25, -0.2) is 4.98 Å². The molecule has 1 aliphatic heterocycles. The minimum Gasteiger partial charge on any atom is -0.454 e. The predicted octanol–water partition coefficient (Wildman–Crippen LogP) is 1.86. The number of ketones is 1. The number of rotatable bonds is 3. The van der Waals surface area contributed by atoms with Crippen LogP contribution in [0.15, 0.2) is 47.8 Å². The van der Waals surface area contributed by atoms with Crippen molar-refractivity contribution in [2.45, 2.75) is 43.9 Å². The summed E-state index contributed by atoms with van der Waals surface area (Å²) in [5, 5.41) is 20.6. The number of Topliss-reactive ketones (excluding diaryl/α,β-unsaturated/α-hetero) is 1. The highest BCUT2D eigenvalue weighted by Crippen LogP contribution is 2.58. The number of carbonyl (C=O) groups is 2. The van der Waals surface area contributed by atoms with Crippen LogP contribution in [0.5, 0.6) is 5.75 Å². The van der Waals surface area contributed by atoms with E-state index in [0.29, 0.717) is 35.3 Å². The number of fused-ring (bicyclic) bond motifs is 5. The Balaban J connectivity index is 1.73. The number of nitrogens with one attached hydrogen (secondary N) is 2. The van der Waals surface area contributed by atoms with E-state index in [-0.39, 0.29) is 11.7 Å². The van der Waals surface area contributed by atoms with Gasteiger partial charge < -0.3 is 15.2 Å². The molecule has 3 N–H and O–H groups in total. The Bertz CT molecular complexity index is 1100. The summed E-state index contributed by atoms with van der Waals surface area (Å²) in [7, 11) is 0. The van der Waals surface area contributed by atoms with E-state index < -0.39 is 23.0 Å². The minimum atomic E-state index is -2.02. The van der Waals surface area contributed by atoms with Gasteiger partial charge in [-0.3, -0.25) is 14.7 Å². The fraction of sp³-hybridized carbons (Fsp3) is 0.333. The third-order valence-corrected chi connectivity index (χ3v) is 5.88. The number of aromatic amines is 1. The molecule has 148 valence electrons. The maximum atomic E-state index is 13.6. The zero-order valence-electron chi connectivity index (χ0n) is 16.0. The summed E-state index contributed by atoms with van der Waals surface area (Å²) in [6, 6.07) is 5.46. The summed E-state index contributed by atoms with van der Waals surface area (Å²) in [4.78, 5) is 30.4. The lowest BCUT2D eigenvalue weighted by molar-refractivity contribution is -0.152. The van der Waals surface area contributed by atoms with Gasteiger partial charge in [0.05, 0.1) is 0 Å². The average molecular weight is 392 g/mol. The van der Waals surface area contributed by atoms with Gasteiger partial charge in [-0.2, -0.15) is 5.10 Å². The Morgan fingerprint density at radius 2 is 2.10 bits per heavy atom. The van der Waals surface area contributed by atoms with Crippen molar-refractivity contribution in [2.75, 3.05) is 0 Å². The van der Waals surface area contributed by atoms with Crippen LogP contribution in [0.4, 0.5) is 0 Å². The van der Waals surface area contributed by atoms with Crippen LogP contribution in [-0.4, -0.2) is 37.8 Å². The topological polar surface area (TPSA) is 117 Å². The Labute approximate surface area is 166 Å². The number of benzene rings is 1. The molecule has 2 atom stereocenters. The minimum absolute atomic E-state index is 0.0559. The Hall–Kier alpha value is -3.26. The zero-order chi connectivity index (χ0) is 20.4. The monoisotopic (exact) mass is 392 g/mol. The third kappa shape index (κ3) is 2.17. The first kappa shape index (κ1) is 17.8. The summed E-state index contributed by atoms with van der Waals surface area (Å²) in [5.74, 6) is -2.51. The fourth-order valence-corrected chi connectivity index (χ4v) is 4.41. The molecule has 0 radical (unpaired) electrons. The highest BCUT2D eigenvalue weighted by molar-refractivity contribution is 6.15. The van der Waals surface area contributed by atoms with Crippen LogP contribution in [0, 0.1) is 0 Å². The first-order valence-electron chi connectivity index (χ1n) is 9.58. The van der Waals surface area contributed by atoms with E-state index >= 15 is 0 Å². The number of H-pyrrole nitrogens is 1. The molecule has 1 aromatic carbocycles. The lowest BCUT2D eigenvalue weighted by Crippen LogP contribution is -2.62.